The molecule has 1 aliphatic heterocycles. The number of carbonyl (C=O) groups is 1. The lowest BCUT2D eigenvalue weighted by atomic mass is 9.99. The first-order chi connectivity index (χ1) is 10.8. The second-order valence-electron chi connectivity index (χ2n) is 5.74. The van der Waals surface area contributed by atoms with Gasteiger partial charge in [0, 0.05) is 31.3 Å². The van der Waals surface area contributed by atoms with Gasteiger partial charge in [-0.2, -0.15) is 13.2 Å². The van der Waals surface area contributed by atoms with E-state index in [0.29, 0.717) is 31.8 Å². The highest BCUT2D eigenvalue weighted by atomic mass is 19.4. The second kappa shape index (κ2) is 5.75. The van der Waals surface area contributed by atoms with Crippen molar-refractivity contribution >= 4 is 5.91 Å². The van der Waals surface area contributed by atoms with E-state index in [2.05, 4.69) is 10.3 Å². The maximum atomic E-state index is 12.7. The number of fused-ring (bicyclic) bond motifs is 1. The number of rotatable bonds is 3. The van der Waals surface area contributed by atoms with Crippen molar-refractivity contribution in [3.63, 3.8) is 0 Å². The Kier molecular flexibility index (Phi) is 3.91. The molecule has 0 fully saturated rings. The number of halogens is 3. The van der Waals surface area contributed by atoms with Crippen LogP contribution in [0.25, 0.3) is 0 Å². The van der Waals surface area contributed by atoms with Gasteiger partial charge in [0.25, 0.3) is 5.91 Å². The molecule has 0 saturated heterocycles. The van der Waals surface area contributed by atoms with Crippen LogP contribution in [0.3, 0.4) is 0 Å². The van der Waals surface area contributed by atoms with Gasteiger partial charge in [0.05, 0.1) is 6.26 Å². The average Bonchev–Trinajstić information content (AvgIpc) is 3.09. The molecule has 1 N–H and O–H groups in total. The molecule has 0 aliphatic carbocycles. The van der Waals surface area contributed by atoms with Crippen LogP contribution >= 0.6 is 0 Å². The fourth-order valence-corrected chi connectivity index (χ4v) is 2.74. The predicted molar refractivity (Wildman–Crippen MR) is 74.8 cm³/mol. The standard InChI is InChI=1S/C15H16F3N3O2/c1-9-4-5-23-13(9)14(22)19-6-10-2-3-12-20-11(15(16,17)18)8-21(12)7-10/h4-5,8,10H,2-3,6-7H2,1H3,(H,19,22)/t10-/m1/s1. The number of nitrogens with zero attached hydrogens (tertiary/aromatic N) is 2. The van der Waals surface area contributed by atoms with Crippen LogP contribution in [0.15, 0.2) is 22.9 Å². The van der Waals surface area contributed by atoms with E-state index in [1.165, 1.54) is 10.8 Å². The molecule has 1 aliphatic rings. The Morgan fingerprint density at radius 2 is 2.30 bits per heavy atom. The number of carbonyl (C=O) groups excluding carboxylic acids is 1. The fourth-order valence-electron chi connectivity index (χ4n) is 2.74. The summed E-state index contributed by atoms with van der Waals surface area (Å²) in [5.41, 5.74) is -0.110. The van der Waals surface area contributed by atoms with Crippen LogP contribution in [0.2, 0.25) is 0 Å². The zero-order valence-corrected chi connectivity index (χ0v) is 12.5. The van der Waals surface area contributed by atoms with Gasteiger partial charge in [0.1, 0.15) is 5.82 Å². The number of imidazole rings is 1. The SMILES string of the molecule is Cc1ccoc1C(=O)NC[C@H]1CCc2nc(C(F)(F)F)cn2C1. The van der Waals surface area contributed by atoms with E-state index in [-0.39, 0.29) is 17.6 Å². The molecule has 1 amide bonds. The van der Waals surface area contributed by atoms with Crippen LogP contribution in [-0.4, -0.2) is 22.0 Å². The highest BCUT2D eigenvalue weighted by molar-refractivity contribution is 5.92. The van der Waals surface area contributed by atoms with Gasteiger partial charge in [-0.15, -0.1) is 0 Å². The highest BCUT2D eigenvalue weighted by Gasteiger charge is 2.35. The Morgan fingerprint density at radius 1 is 1.52 bits per heavy atom. The van der Waals surface area contributed by atoms with Crippen molar-refractivity contribution in [1.29, 1.82) is 0 Å². The van der Waals surface area contributed by atoms with E-state index in [9.17, 15) is 18.0 Å². The van der Waals surface area contributed by atoms with Crippen molar-refractivity contribution in [2.24, 2.45) is 5.92 Å². The molecule has 2 aromatic heterocycles. The second-order valence-corrected chi connectivity index (χ2v) is 5.74. The van der Waals surface area contributed by atoms with Crippen LogP contribution in [0.5, 0.6) is 0 Å². The number of hydrogen-bond acceptors (Lipinski definition) is 3. The quantitative estimate of drug-likeness (QED) is 0.943. The van der Waals surface area contributed by atoms with Crippen LogP contribution in [-0.2, 0) is 19.1 Å². The highest BCUT2D eigenvalue weighted by Crippen LogP contribution is 2.30. The van der Waals surface area contributed by atoms with E-state index in [1.54, 1.807) is 13.0 Å². The van der Waals surface area contributed by atoms with E-state index in [4.69, 9.17) is 4.42 Å². The van der Waals surface area contributed by atoms with Gasteiger partial charge in [0.2, 0.25) is 0 Å². The Hall–Kier alpha value is -2.25. The van der Waals surface area contributed by atoms with Crippen LogP contribution in [0.4, 0.5) is 13.2 Å². The third kappa shape index (κ3) is 3.25. The summed E-state index contributed by atoms with van der Waals surface area (Å²) in [6, 6.07) is 1.70. The Bertz CT molecular complexity index is 718. The lowest BCUT2D eigenvalue weighted by Gasteiger charge is -2.23. The minimum atomic E-state index is -4.43. The molecule has 2 aromatic rings. The lowest BCUT2D eigenvalue weighted by Crippen LogP contribution is -2.33. The Labute approximate surface area is 130 Å². The molecule has 3 rings (SSSR count). The Balaban J connectivity index is 1.61. The zero-order valence-electron chi connectivity index (χ0n) is 12.5. The van der Waals surface area contributed by atoms with Crippen molar-refractivity contribution in [2.45, 2.75) is 32.5 Å². The van der Waals surface area contributed by atoms with Crippen molar-refractivity contribution in [2.75, 3.05) is 6.54 Å². The largest absolute Gasteiger partial charge is 0.459 e. The minimum absolute atomic E-state index is 0.0667. The van der Waals surface area contributed by atoms with Crippen molar-refractivity contribution < 1.29 is 22.4 Å². The molecule has 3 heterocycles. The van der Waals surface area contributed by atoms with E-state index < -0.39 is 11.9 Å². The molecule has 124 valence electrons. The molecule has 5 nitrogen and oxygen atoms in total. The van der Waals surface area contributed by atoms with Gasteiger partial charge in [-0.3, -0.25) is 4.79 Å². The van der Waals surface area contributed by atoms with Crippen LogP contribution < -0.4 is 5.32 Å². The number of furan rings is 1. The number of hydrogen-bond donors (Lipinski definition) is 1. The molecule has 0 aromatic carbocycles. The number of aromatic nitrogens is 2. The summed E-state index contributed by atoms with van der Waals surface area (Å²) in [5, 5.41) is 2.77. The van der Waals surface area contributed by atoms with E-state index in [1.807, 2.05) is 0 Å². The van der Waals surface area contributed by atoms with Gasteiger partial charge in [-0.25, -0.2) is 4.98 Å². The predicted octanol–water partition coefficient (Wildman–Crippen LogP) is 2.80. The van der Waals surface area contributed by atoms with Crippen LogP contribution in [0, 0.1) is 12.8 Å². The zero-order chi connectivity index (χ0) is 16.6. The number of nitrogens with one attached hydrogen (secondary N) is 1. The summed E-state index contributed by atoms with van der Waals surface area (Å²) >= 11 is 0. The summed E-state index contributed by atoms with van der Waals surface area (Å²) < 4.78 is 44.7. The van der Waals surface area contributed by atoms with E-state index in [0.717, 1.165) is 11.8 Å². The first-order valence-electron chi connectivity index (χ1n) is 7.30. The molecule has 0 unspecified atom stereocenters. The van der Waals surface area contributed by atoms with E-state index >= 15 is 0 Å². The van der Waals surface area contributed by atoms with Crippen molar-refractivity contribution in [3.8, 4) is 0 Å². The third-order valence-electron chi connectivity index (χ3n) is 4.00. The Morgan fingerprint density at radius 3 is 2.96 bits per heavy atom. The molecular formula is C15H16F3N3O2. The number of amides is 1. The first-order valence-corrected chi connectivity index (χ1v) is 7.30. The molecule has 0 spiro atoms. The molecule has 0 radical (unpaired) electrons. The maximum Gasteiger partial charge on any atom is 0.434 e. The van der Waals surface area contributed by atoms with Gasteiger partial charge < -0.3 is 14.3 Å². The number of alkyl halides is 3. The third-order valence-corrected chi connectivity index (χ3v) is 4.00. The van der Waals surface area contributed by atoms with Gasteiger partial charge >= 0.3 is 6.18 Å². The summed E-state index contributed by atoms with van der Waals surface area (Å²) in [5.74, 6) is 0.474. The summed E-state index contributed by atoms with van der Waals surface area (Å²) in [6.45, 7) is 2.57. The average molecular weight is 327 g/mol. The minimum Gasteiger partial charge on any atom is -0.459 e. The first kappa shape index (κ1) is 15.6. The summed E-state index contributed by atoms with van der Waals surface area (Å²) in [7, 11) is 0. The molecule has 23 heavy (non-hydrogen) atoms. The molecule has 1 atom stereocenters. The van der Waals surface area contributed by atoms with Gasteiger partial charge in [-0.05, 0) is 25.3 Å². The summed E-state index contributed by atoms with van der Waals surface area (Å²) in [6.07, 6.45) is -0.783. The monoisotopic (exact) mass is 327 g/mol. The fraction of sp³-hybridized carbons (Fsp3) is 0.467. The summed E-state index contributed by atoms with van der Waals surface area (Å²) in [4.78, 5) is 15.6. The number of aryl methyl sites for hydroxylation is 2. The molecule has 0 saturated carbocycles. The topological polar surface area (TPSA) is 60.1 Å². The van der Waals surface area contributed by atoms with Crippen LogP contribution in [0.1, 0.15) is 34.1 Å². The molecule has 8 heteroatoms. The lowest BCUT2D eigenvalue weighted by molar-refractivity contribution is -0.141. The van der Waals surface area contributed by atoms with Gasteiger partial charge in [-0.1, -0.05) is 0 Å². The van der Waals surface area contributed by atoms with Gasteiger partial charge in [0.15, 0.2) is 11.5 Å². The van der Waals surface area contributed by atoms with Crippen molar-refractivity contribution in [1.82, 2.24) is 14.9 Å². The smallest absolute Gasteiger partial charge is 0.434 e. The maximum absolute atomic E-state index is 12.7. The molecule has 0 bridgehead atoms. The van der Waals surface area contributed by atoms with Crippen molar-refractivity contribution in [3.05, 3.63) is 41.4 Å². The molecular weight excluding hydrogens is 311 g/mol. The normalized spacial score (nSPS) is 17.8.